The molecule has 0 radical (unpaired) electrons. The number of hydrogen-bond donors (Lipinski definition) is 1. The molecule has 106 valence electrons. The second-order valence-electron chi connectivity index (χ2n) is 4.67. The van der Waals surface area contributed by atoms with Crippen LogP contribution in [-0.2, 0) is 16.1 Å². The zero-order valence-corrected chi connectivity index (χ0v) is 12.1. The average molecular weight is 264 g/mol. The van der Waals surface area contributed by atoms with Crippen LogP contribution < -0.4 is 5.73 Å². The van der Waals surface area contributed by atoms with E-state index in [1.807, 2.05) is 43.1 Å². The van der Waals surface area contributed by atoms with Gasteiger partial charge in [0.1, 0.15) is 6.04 Å². The number of nitrogen functional groups attached to an aromatic ring is 1. The highest BCUT2D eigenvalue weighted by Crippen LogP contribution is 2.16. The van der Waals surface area contributed by atoms with E-state index >= 15 is 0 Å². The molecule has 0 aliphatic heterocycles. The first-order chi connectivity index (χ1) is 9.10. The number of esters is 1. The fourth-order valence-electron chi connectivity index (χ4n) is 2.09. The summed E-state index contributed by atoms with van der Waals surface area (Å²) in [6.07, 6.45) is 1.74. The van der Waals surface area contributed by atoms with E-state index < -0.39 is 0 Å². The van der Waals surface area contributed by atoms with Gasteiger partial charge in [0.25, 0.3) is 0 Å². The maximum absolute atomic E-state index is 12.0. The quantitative estimate of drug-likeness (QED) is 0.607. The van der Waals surface area contributed by atoms with E-state index in [2.05, 4.69) is 6.92 Å². The lowest BCUT2D eigenvalue weighted by molar-refractivity contribution is -0.149. The third kappa shape index (κ3) is 4.56. The van der Waals surface area contributed by atoms with Crippen molar-refractivity contribution in [3.8, 4) is 0 Å². The third-order valence-electron chi connectivity index (χ3n) is 3.13. The fourth-order valence-corrected chi connectivity index (χ4v) is 2.09. The van der Waals surface area contributed by atoms with Crippen LogP contribution in [0.4, 0.5) is 5.69 Å². The minimum absolute atomic E-state index is 0.152. The summed E-state index contributed by atoms with van der Waals surface area (Å²) in [6.45, 7) is 4.96. The summed E-state index contributed by atoms with van der Waals surface area (Å²) >= 11 is 0. The summed E-state index contributed by atoms with van der Waals surface area (Å²) in [6, 6.07) is 7.53. The largest absolute Gasteiger partial charge is 0.465 e. The van der Waals surface area contributed by atoms with Crippen LogP contribution in [0.25, 0.3) is 0 Å². The zero-order chi connectivity index (χ0) is 14.3. The van der Waals surface area contributed by atoms with Crippen molar-refractivity contribution >= 4 is 11.7 Å². The Bertz CT molecular complexity index is 407. The number of ether oxygens (including phenoxy) is 1. The van der Waals surface area contributed by atoms with Gasteiger partial charge in [-0.2, -0.15) is 0 Å². The maximum Gasteiger partial charge on any atom is 0.323 e. The van der Waals surface area contributed by atoms with E-state index in [1.54, 1.807) is 0 Å². The summed E-state index contributed by atoms with van der Waals surface area (Å²) in [5, 5.41) is 0. The molecule has 0 aromatic heterocycles. The van der Waals surface area contributed by atoms with E-state index in [4.69, 9.17) is 10.5 Å². The van der Waals surface area contributed by atoms with Crippen molar-refractivity contribution in [2.24, 2.45) is 0 Å². The molecule has 0 spiro atoms. The summed E-state index contributed by atoms with van der Waals surface area (Å²) < 4.78 is 5.13. The Kier molecular flexibility index (Phi) is 6.36. The van der Waals surface area contributed by atoms with Crippen LogP contribution >= 0.6 is 0 Å². The molecular weight excluding hydrogens is 240 g/mol. The molecule has 4 heteroatoms. The molecule has 1 aromatic carbocycles. The lowest BCUT2D eigenvalue weighted by Gasteiger charge is -2.26. The fraction of sp³-hybridized carbons (Fsp3) is 0.533. The molecule has 4 nitrogen and oxygen atoms in total. The van der Waals surface area contributed by atoms with Crippen molar-refractivity contribution in [1.29, 1.82) is 0 Å². The van der Waals surface area contributed by atoms with Crippen molar-refractivity contribution in [2.45, 2.75) is 39.3 Å². The number of benzene rings is 1. The Morgan fingerprint density at radius 2 is 2.05 bits per heavy atom. The molecular formula is C15H24N2O2. The number of nitrogens with zero attached hydrogens (tertiary/aromatic N) is 1. The summed E-state index contributed by atoms with van der Waals surface area (Å²) in [7, 11) is 1.93. The SMILES string of the molecule is CCCC(C(=O)OCC)N(C)Cc1ccccc1N. The first-order valence-corrected chi connectivity index (χ1v) is 6.80. The number of carbonyl (C=O) groups is 1. The van der Waals surface area contributed by atoms with Crippen LogP contribution in [0.2, 0.25) is 0 Å². The molecule has 1 aromatic rings. The van der Waals surface area contributed by atoms with Gasteiger partial charge in [0.05, 0.1) is 6.61 Å². The number of hydrogen-bond acceptors (Lipinski definition) is 4. The highest BCUT2D eigenvalue weighted by Gasteiger charge is 2.23. The van der Waals surface area contributed by atoms with E-state index in [1.165, 1.54) is 0 Å². The van der Waals surface area contributed by atoms with Gasteiger partial charge in [-0.1, -0.05) is 31.5 Å². The summed E-state index contributed by atoms with van der Waals surface area (Å²) in [5.74, 6) is -0.152. The first-order valence-electron chi connectivity index (χ1n) is 6.80. The van der Waals surface area contributed by atoms with E-state index in [0.29, 0.717) is 13.2 Å². The van der Waals surface area contributed by atoms with Gasteiger partial charge in [-0.25, -0.2) is 0 Å². The predicted octanol–water partition coefficient (Wildman–Crippen LogP) is 2.43. The molecule has 0 fully saturated rings. The number of carbonyl (C=O) groups excluding carboxylic acids is 1. The van der Waals surface area contributed by atoms with Gasteiger partial charge in [0.2, 0.25) is 0 Å². The van der Waals surface area contributed by atoms with E-state index in [-0.39, 0.29) is 12.0 Å². The van der Waals surface area contributed by atoms with Gasteiger partial charge in [0.15, 0.2) is 0 Å². The lowest BCUT2D eigenvalue weighted by atomic mass is 10.1. The molecule has 1 rings (SSSR count). The van der Waals surface area contributed by atoms with Gasteiger partial charge in [0, 0.05) is 12.2 Å². The van der Waals surface area contributed by atoms with Gasteiger partial charge >= 0.3 is 5.97 Å². The number of likely N-dealkylation sites (N-methyl/N-ethyl adjacent to an activating group) is 1. The number of rotatable bonds is 7. The molecule has 1 atom stereocenters. The molecule has 0 aliphatic carbocycles. The van der Waals surface area contributed by atoms with Gasteiger partial charge in [-0.15, -0.1) is 0 Å². The highest BCUT2D eigenvalue weighted by molar-refractivity contribution is 5.75. The molecule has 0 saturated carbocycles. The Morgan fingerprint density at radius 3 is 2.63 bits per heavy atom. The molecule has 19 heavy (non-hydrogen) atoms. The molecule has 0 aliphatic rings. The highest BCUT2D eigenvalue weighted by atomic mass is 16.5. The topological polar surface area (TPSA) is 55.6 Å². The summed E-state index contributed by atoms with van der Waals surface area (Å²) in [4.78, 5) is 14.0. The monoisotopic (exact) mass is 264 g/mol. The summed E-state index contributed by atoms with van der Waals surface area (Å²) in [5.41, 5.74) is 7.73. The number of anilines is 1. The van der Waals surface area contributed by atoms with Gasteiger partial charge in [-0.05, 0) is 32.0 Å². The van der Waals surface area contributed by atoms with E-state index in [9.17, 15) is 4.79 Å². The van der Waals surface area contributed by atoms with Gasteiger partial charge in [-0.3, -0.25) is 9.69 Å². The maximum atomic E-state index is 12.0. The van der Waals surface area contributed by atoms with Crippen LogP contribution in [0, 0.1) is 0 Å². The van der Waals surface area contributed by atoms with Gasteiger partial charge < -0.3 is 10.5 Å². The normalized spacial score (nSPS) is 12.4. The van der Waals surface area contributed by atoms with Crippen LogP contribution in [0.3, 0.4) is 0 Å². The second-order valence-corrected chi connectivity index (χ2v) is 4.67. The van der Waals surface area contributed by atoms with Crippen molar-refractivity contribution in [3.63, 3.8) is 0 Å². The van der Waals surface area contributed by atoms with Crippen LogP contribution in [0.1, 0.15) is 32.3 Å². The number of nitrogens with two attached hydrogens (primary N) is 1. The molecule has 0 bridgehead atoms. The van der Waals surface area contributed by atoms with Crippen LogP contribution in [0.15, 0.2) is 24.3 Å². The lowest BCUT2D eigenvalue weighted by Crippen LogP contribution is -2.39. The molecule has 1 unspecified atom stereocenters. The predicted molar refractivity (Wildman–Crippen MR) is 77.7 cm³/mol. The zero-order valence-electron chi connectivity index (χ0n) is 12.1. The molecule has 0 saturated heterocycles. The van der Waals surface area contributed by atoms with Crippen molar-refractivity contribution in [3.05, 3.63) is 29.8 Å². The van der Waals surface area contributed by atoms with Crippen LogP contribution in [0.5, 0.6) is 0 Å². The smallest absolute Gasteiger partial charge is 0.323 e. The molecule has 0 heterocycles. The number of para-hydroxylation sites is 1. The Labute approximate surface area is 115 Å². The van der Waals surface area contributed by atoms with Crippen LogP contribution in [-0.4, -0.2) is 30.6 Å². The molecule has 2 N–H and O–H groups in total. The van der Waals surface area contributed by atoms with Crippen molar-refractivity contribution in [1.82, 2.24) is 4.90 Å². The average Bonchev–Trinajstić information content (AvgIpc) is 2.38. The van der Waals surface area contributed by atoms with Crippen molar-refractivity contribution in [2.75, 3.05) is 19.4 Å². The second kappa shape index (κ2) is 7.79. The standard InChI is InChI=1S/C15H24N2O2/c1-4-8-14(15(18)19-5-2)17(3)11-12-9-6-7-10-13(12)16/h6-7,9-10,14H,4-5,8,11,16H2,1-3H3. The van der Waals surface area contributed by atoms with Crippen molar-refractivity contribution < 1.29 is 9.53 Å². The Hall–Kier alpha value is -1.55. The Balaban J connectivity index is 2.74. The minimum atomic E-state index is -0.204. The first kappa shape index (κ1) is 15.5. The minimum Gasteiger partial charge on any atom is -0.465 e. The van der Waals surface area contributed by atoms with E-state index in [0.717, 1.165) is 24.1 Å². The molecule has 0 amide bonds. The third-order valence-corrected chi connectivity index (χ3v) is 3.13. The Morgan fingerprint density at radius 1 is 1.37 bits per heavy atom.